The Balaban J connectivity index is 2.14. The van der Waals surface area contributed by atoms with Crippen LogP contribution in [-0.2, 0) is 13.0 Å². The minimum Gasteiger partial charge on any atom is -0.366 e. The number of carbonyl (C=O) groups is 1. The Labute approximate surface area is 167 Å². The van der Waals surface area contributed by atoms with Crippen LogP contribution in [0.5, 0.6) is 0 Å². The molecule has 28 heavy (non-hydrogen) atoms. The molecule has 3 nitrogen and oxygen atoms in total. The molecule has 0 bridgehead atoms. The second-order valence-corrected chi connectivity index (χ2v) is 7.73. The molecule has 0 unspecified atom stereocenters. The largest absolute Gasteiger partial charge is 0.366 e. The van der Waals surface area contributed by atoms with E-state index >= 15 is 0 Å². The highest BCUT2D eigenvalue weighted by Gasteiger charge is 2.25. The van der Waals surface area contributed by atoms with Crippen LogP contribution >= 0.6 is 11.3 Å². The van der Waals surface area contributed by atoms with Crippen LogP contribution in [0.25, 0.3) is 11.1 Å². The molecule has 3 rings (SSSR count). The van der Waals surface area contributed by atoms with Crippen LogP contribution in [0.3, 0.4) is 0 Å². The molecule has 1 aromatic carbocycles. The lowest BCUT2D eigenvalue weighted by Crippen LogP contribution is -2.13. The number of thiophene rings is 1. The molecule has 3 aromatic rings. The molecule has 0 aliphatic heterocycles. The third-order valence-electron chi connectivity index (χ3n) is 5.03. The van der Waals surface area contributed by atoms with Crippen molar-refractivity contribution in [2.24, 2.45) is 5.73 Å². The van der Waals surface area contributed by atoms with Crippen LogP contribution in [0.4, 0.5) is 8.78 Å². The minimum atomic E-state index is -0.872. The number of amides is 1. The van der Waals surface area contributed by atoms with Gasteiger partial charge in [0.15, 0.2) is 11.6 Å². The topological polar surface area (TPSA) is 48.0 Å². The van der Waals surface area contributed by atoms with Crippen LogP contribution in [0, 0.1) is 18.6 Å². The Hall–Kier alpha value is -2.47. The van der Waals surface area contributed by atoms with Gasteiger partial charge >= 0.3 is 0 Å². The van der Waals surface area contributed by atoms with Crippen molar-refractivity contribution >= 4 is 17.2 Å². The SMILES string of the molecule is CCCCCc1c(-c2ccsc2)c(C(N)=O)c(C)n1Cc1ccc(F)c(F)c1. The molecule has 148 valence electrons. The second kappa shape index (κ2) is 8.69. The molecular formula is C22H24F2N2OS. The highest BCUT2D eigenvalue weighted by molar-refractivity contribution is 7.08. The molecular weight excluding hydrogens is 378 g/mol. The van der Waals surface area contributed by atoms with E-state index in [-0.39, 0.29) is 0 Å². The van der Waals surface area contributed by atoms with Crippen molar-refractivity contribution in [1.82, 2.24) is 4.57 Å². The lowest BCUT2D eigenvalue weighted by molar-refractivity contribution is 0.1000. The predicted molar refractivity (Wildman–Crippen MR) is 110 cm³/mol. The van der Waals surface area contributed by atoms with E-state index < -0.39 is 17.5 Å². The number of aromatic nitrogens is 1. The summed E-state index contributed by atoms with van der Waals surface area (Å²) in [5.41, 5.74) is 10.5. The number of rotatable bonds is 8. The van der Waals surface area contributed by atoms with Gasteiger partial charge < -0.3 is 10.3 Å². The van der Waals surface area contributed by atoms with Crippen LogP contribution < -0.4 is 5.73 Å². The first kappa shape index (κ1) is 20.3. The summed E-state index contributed by atoms with van der Waals surface area (Å²) in [5.74, 6) is -2.21. The standard InChI is InChI=1S/C22H24F2N2OS/c1-3-4-5-6-19-21(16-9-10-28-13-16)20(22(25)27)14(2)26(19)12-15-7-8-17(23)18(24)11-15/h7-11,13H,3-6,12H2,1-2H3,(H2,25,27). The van der Waals surface area contributed by atoms with Gasteiger partial charge in [0.05, 0.1) is 5.56 Å². The van der Waals surface area contributed by atoms with Gasteiger partial charge in [-0.1, -0.05) is 25.8 Å². The average Bonchev–Trinajstić information content (AvgIpc) is 3.26. The lowest BCUT2D eigenvalue weighted by atomic mass is 9.99. The smallest absolute Gasteiger partial charge is 0.251 e. The Morgan fingerprint density at radius 3 is 2.57 bits per heavy atom. The Morgan fingerprint density at radius 1 is 1.18 bits per heavy atom. The zero-order valence-electron chi connectivity index (χ0n) is 16.1. The zero-order valence-corrected chi connectivity index (χ0v) is 16.9. The fourth-order valence-electron chi connectivity index (χ4n) is 3.65. The molecule has 0 spiro atoms. The first-order chi connectivity index (χ1) is 13.4. The Kier molecular flexibility index (Phi) is 6.29. The highest BCUT2D eigenvalue weighted by Crippen LogP contribution is 2.35. The Bertz CT molecular complexity index is 977. The van der Waals surface area contributed by atoms with Gasteiger partial charge in [0.2, 0.25) is 0 Å². The van der Waals surface area contributed by atoms with E-state index in [9.17, 15) is 13.6 Å². The van der Waals surface area contributed by atoms with Crippen LogP contribution in [0.2, 0.25) is 0 Å². The molecule has 0 atom stereocenters. The van der Waals surface area contributed by atoms with E-state index in [4.69, 9.17) is 5.73 Å². The molecule has 0 saturated carbocycles. The van der Waals surface area contributed by atoms with Gasteiger partial charge in [-0.3, -0.25) is 4.79 Å². The highest BCUT2D eigenvalue weighted by atomic mass is 32.1. The molecule has 1 amide bonds. The van der Waals surface area contributed by atoms with E-state index in [1.807, 2.05) is 28.3 Å². The van der Waals surface area contributed by atoms with Gasteiger partial charge in [0.1, 0.15) is 0 Å². The summed E-state index contributed by atoms with van der Waals surface area (Å²) in [6, 6.07) is 5.90. The molecule has 6 heteroatoms. The molecule has 0 aliphatic carbocycles. The number of nitrogens with two attached hydrogens (primary N) is 1. The molecule has 2 aromatic heterocycles. The lowest BCUT2D eigenvalue weighted by Gasteiger charge is -2.13. The fraction of sp³-hybridized carbons (Fsp3) is 0.318. The molecule has 0 saturated heterocycles. The fourth-order valence-corrected chi connectivity index (χ4v) is 4.30. The summed E-state index contributed by atoms with van der Waals surface area (Å²) in [7, 11) is 0. The van der Waals surface area contributed by atoms with E-state index in [0.717, 1.165) is 54.3 Å². The van der Waals surface area contributed by atoms with E-state index in [0.29, 0.717) is 17.7 Å². The van der Waals surface area contributed by atoms with Gasteiger partial charge in [0.25, 0.3) is 5.91 Å². The number of unbranched alkanes of at least 4 members (excludes halogenated alkanes) is 2. The van der Waals surface area contributed by atoms with Crippen LogP contribution in [0.1, 0.15) is 53.5 Å². The molecule has 2 N–H and O–H groups in total. The van der Waals surface area contributed by atoms with Gasteiger partial charge in [-0.15, -0.1) is 0 Å². The summed E-state index contributed by atoms with van der Waals surface area (Å²) in [5, 5.41) is 3.98. The van der Waals surface area contributed by atoms with Gasteiger partial charge in [-0.25, -0.2) is 8.78 Å². The maximum atomic E-state index is 13.7. The van der Waals surface area contributed by atoms with Crippen molar-refractivity contribution in [3.63, 3.8) is 0 Å². The number of primary amides is 1. The van der Waals surface area contributed by atoms with Crippen LogP contribution in [-0.4, -0.2) is 10.5 Å². The van der Waals surface area contributed by atoms with E-state index in [1.165, 1.54) is 6.07 Å². The first-order valence-corrected chi connectivity index (χ1v) is 10.4. The normalized spacial score (nSPS) is 11.1. The summed E-state index contributed by atoms with van der Waals surface area (Å²) in [6.45, 7) is 4.36. The number of hydrogen-bond donors (Lipinski definition) is 1. The van der Waals surface area contributed by atoms with Crippen molar-refractivity contribution in [2.45, 2.75) is 46.1 Å². The van der Waals surface area contributed by atoms with E-state index in [1.54, 1.807) is 17.4 Å². The number of halogens is 2. The minimum absolute atomic E-state index is 0.356. The maximum Gasteiger partial charge on any atom is 0.251 e. The van der Waals surface area contributed by atoms with E-state index in [2.05, 4.69) is 6.92 Å². The summed E-state index contributed by atoms with van der Waals surface area (Å²) in [4.78, 5) is 12.3. The summed E-state index contributed by atoms with van der Waals surface area (Å²) >= 11 is 1.56. The maximum absolute atomic E-state index is 13.7. The average molecular weight is 403 g/mol. The van der Waals surface area contributed by atoms with Crippen molar-refractivity contribution in [1.29, 1.82) is 0 Å². The van der Waals surface area contributed by atoms with Crippen molar-refractivity contribution in [3.8, 4) is 11.1 Å². The predicted octanol–water partition coefficient (Wildman–Crippen LogP) is 5.68. The Morgan fingerprint density at radius 2 is 1.96 bits per heavy atom. The molecule has 0 aliphatic rings. The third kappa shape index (κ3) is 4.02. The summed E-state index contributed by atoms with van der Waals surface area (Å²) in [6.07, 6.45) is 3.92. The second-order valence-electron chi connectivity index (χ2n) is 6.95. The van der Waals surface area contributed by atoms with Crippen molar-refractivity contribution in [2.75, 3.05) is 0 Å². The molecule has 0 radical (unpaired) electrons. The van der Waals surface area contributed by atoms with Gasteiger partial charge in [-0.05, 0) is 59.9 Å². The summed E-state index contributed by atoms with van der Waals surface area (Å²) < 4.78 is 29.1. The first-order valence-electron chi connectivity index (χ1n) is 9.42. The molecule has 2 heterocycles. The van der Waals surface area contributed by atoms with Crippen molar-refractivity contribution < 1.29 is 13.6 Å². The number of benzene rings is 1. The van der Waals surface area contributed by atoms with Gasteiger partial charge in [0, 0.05) is 23.5 Å². The van der Waals surface area contributed by atoms with Crippen LogP contribution in [0.15, 0.2) is 35.0 Å². The van der Waals surface area contributed by atoms with Gasteiger partial charge in [-0.2, -0.15) is 11.3 Å². The van der Waals surface area contributed by atoms with Crippen molar-refractivity contribution in [3.05, 3.63) is 69.2 Å². The number of hydrogen-bond acceptors (Lipinski definition) is 2. The third-order valence-corrected chi connectivity index (χ3v) is 5.71. The monoisotopic (exact) mass is 402 g/mol. The molecule has 0 fully saturated rings. The quantitative estimate of drug-likeness (QED) is 0.484. The number of carbonyl (C=O) groups excluding carboxylic acids is 1. The number of nitrogens with zero attached hydrogens (tertiary/aromatic N) is 1. The zero-order chi connectivity index (χ0) is 20.3.